The summed E-state index contributed by atoms with van der Waals surface area (Å²) in [5.41, 5.74) is 0.820. The Morgan fingerprint density at radius 3 is 2.28 bits per heavy atom. The van der Waals surface area contributed by atoms with Crippen molar-refractivity contribution in [2.75, 3.05) is 6.61 Å². The lowest BCUT2D eigenvalue weighted by molar-refractivity contribution is 0.0793. The molecule has 0 aromatic heterocycles. The Labute approximate surface area is 106 Å². The van der Waals surface area contributed by atoms with E-state index >= 15 is 0 Å². The Hall–Kier alpha value is -1.90. The third-order valence-corrected chi connectivity index (χ3v) is 2.58. The molecule has 0 bridgehead atoms. The highest BCUT2D eigenvalue weighted by Crippen LogP contribution is 2.23. The molecule has 0 saturated heterocycles. The number of carbonyl (C=O) groups is 2. The van der Waals surface area contributed by atoms with E-state index in [2.05, 4.69) is 0 Å². The van der Waals surface area contributed by atoms with Crippen LogP contribution in [0.1, 0.15) is 41.5 Å². The van der Waals surface area contributed by atoms with Crippen molar-refractivity contribution < 1.29 is 14.3 Å². The van der Waals surface area contributed by atoms with E-state index in [-0.39, 0.29) is 22.7 Å². The SMILES string of the molecule is CC(C)(C)COC1=CC(=O)c2ccccc2C1=O. The monoisotopic (exact) mass is 244 g/mol. The van der Waals surface area contributed by atoms with E-state index in [1.807, 2.05) is 20.8 Å². The molecule has 3 nitrogen and oxygen atoms in total. The number of benzene rings is 1. The predicted octanol–water partition coefficient (Wildman–Crippen LogP) is 3.01. The lowest BCUT2D eigenvalue weighted by Gasteiger charge is -2.21. The minimum absolute atomic E-state index is 0.0544. The molecule has 3 heteroatoms. The van der Waals surface area contributed by atoms with Gasteiger partial charge in [-0.25, -0.2) is 0 Å². The molecular formula is C15H16O3. The van der Waals surface area contributed by atoms with Gasteiger partial charge < -0.3 is 4.74 Å². The number of Topliss-reactive ketones (excluding diaryl/α,β-unsaturated/α-hetero) is 1. The molecular weight excluding hydrogens is 228 g/mol. The molecule has 18 heavy (non-hydrogen) atoms. The first-order valence-electron chi connectivity index (χ1n) is 5.91. The Kier molecular flexibility index (Phi) is 3.07. The van der Waals surface area contributed by atoms with Crippen LogP contribution >= 0.6 is 0 Å². The molecule has 1 aromatic carbocycles. The molecule has 0 radical (unpaired) electrons. The molecule has 0 atom stereocenters. The van der Waals surface area contributed by atoms with Crippen LogP contribution in [-0.2, 0) is 4.74 Å². The summed E-state index contributed by atoms with van der Waals surface area (Å²) in [6.07, 6.45) is 1.29. The van der Waals surface area contributed by atoms with Crippen molar-refractivity contribution in [3.63, 3.8) is 0 Å². The third kappa shape index (κ3) is 2.50. The van der Waals surface area contributed by atoms with E-state index in [9.17, 15) is 9.59 Å². The number of hydrogen-bond acceptors (Lipinski definition) is 3. The number of allylic oxidation sites excluding steroid dienone is 2. The van der Waals surface area contributed by atoms with E-state index in [0.717, 1.165) is 0 Å². The van der Waals surface area contributed by atoms with Crippen LogP contribution in [0.15, 0.2) is 36.1 Å². The second-order valence-corrected chi connectivity index (χ2v) is 5.60. The maximum atomic E-state index is 12.1. The van der Waals surface area contributed by atoms with Crippen LogP contribution in [0.3, 0.4) is 0 Å². The minimum atomic E-state index is -0.213. The molecule has 2 rings (SSSR count). The molecule has 94 valence electrons. The van der Waals surface area contributed by atoms with Gasteiger partial charge >= 0.3 is 0 Å². The molecule has 1 aliphatic carbocycles. The van der Waals surface area contributed by atoms with Crippen LogP contribution in [0.2, 0.25) is 0 Å². The fraction of sp³-hybridized carbons (Fsp3) is 0.333. The number of hydrogen-bond donors (Lipinski definition) is 0. The first-order chi connectivity index (χ1) is 8.38. The van der Waals surface area contributed by atoms with Gasteiger partial charge in [0.25, 0.3) is 0 Å². The van der Waals surface area contributed by atoms with Gasteiger partial charge in [-0.1, -0.05) is 45.0 Å². The second kappa shape index (κ2) is 4.41. The molecule has 1 aliphatic rings. The van der Waals surface area contributed by atoms with Gasteiger partial charge in [0, 0.05) is 17.2 Å². The van der Waals surface area contributed by atoms with Gasteiger partial charge in [0.05, 0.1) is 6.61 Å². The summed E-state index contributed by atoms with van der Waals surface area (Å²) < 4.78 is 5.48. The van der Waals surface area contributed by atoms with Crippen molar-refractivity contribution in [1.82, 2.24) is 0 Å². The standard InChI is InChI=1S/C15H16O3/c1-15(2,3)9-18-13-8-12(16)10-6-4-5-7-11(10)14(13)17/h4-8H,9H2,1-3H3. The lowest BCUT2D eigenvalue weighted by Crippen LogP contribution is -2.22. The Morgan fingerprint density at radius 2 is 1.67 bits per heavy atom. The van der Waals surface area contributed by atoms with Gasteiger partial charge in [0.15, 0.2) is 11.5 Å². The highest BCUT2D eigenvalue weighted by Gasteiger charge is 2.27. The highest BCUT2D eigenvalue weighted by molar-refractivity contribution is 6.23. The number of ether oxygens (including phenoxy) is 1. The van der Waals surface area contributed by atoms with Crippen LogP contribution in [-0.4, -0.2) is 18.2 Å². The fourth-order valence-corrected chi connectivity index (χ4v) is 1.69. The molecule has 0 spiro atoms. The number of rotatable bonds is 2. The van der Waals surface area contributed by atoms with Crippen LogP contribution in [0.25, 0.3) is 0 Å². The average molecular weight is 244 g/mol. The quantitative estimate of drug-likeness (QED) is 0.803. The van der Waals surface area contributed by atoms with E-state index < -0.39 is 0 Å². The molecule has 0 N–H and O–H groups in total. The molecule has 0 amide bonds. The maximum Gasteiger partial charge on any atom is 0.228 e. The maximum absolute atomic E-state index is 12.1. The van der Waals surface area contributed by atoms with Crippen molar-refractivity contribution in [1.29, 1.82) is 0 Å². The number of fused-ring (bicyclic) bond motifs is 1. The molecule has 0 saturated carbocycles. The van der Waals surface area contributed by atoms with Crippen molar-refractivity contribution in [2.24, 2.45) is 5.41 Å². The Balaban J connectivity index is 2.26. The van der Waals surface area contributed by atoms with Gasteiger partial charge in [0.2, 0.25) is 5.78 Å². The highest BCUT2D eigenvalue weighted by atomic mass is 16.5. The van der Waals surface area contributed by atoms with E-state index in [1.54, 1.807) is 24.3 Å². The first kappa shape index (κ1) is 12.6. The zero-order valence-corrected chi connectivity index (χ0v) is 10.8. The Bertz CT molecular complexity index is 533. The van der Waals surface area contributed by atoms with Crippen LogP contribution in [0.4, 0.5) is 0 Å². The molecule has 0 unspecified atom stereocenters. The van der Waals surface area contributed by atoms with Gasteiger partial charge in [-0.05, 0) is 5.41 Å². The van der Waals surface area contributed by atoms with Crippen molar-refractivity contribution in [3.05, 3.63) is 47.2 Å². The molecule has 0 fully saturated rings. The molecule has 1 aromatic rings. The van der Waals surface area contributed by atoms with Crippen LogP contribution in [0, 0.1) is 5.41 Å². The predicted molar refractivity (Wildman–Crippen MR) is 68.6 cm³/mol. The van der Waals surface area contributed by atoms with Crippen molar-refractivity contribution >= 4 is 11.6 Å². The number of carbonyl (C=O) groups excluding carboxylic acids is 2. The van der Waals surface area contributed by atoms with Crippen LogP contribution in [0.5, 0.6) is 0 Å². The largest absolute Gasteiger partial charge is 0.489 e. The third-order valence-electron chi connectivity index (χ3n) is 2.58. The molecule has 0 heterocycles. The minimum Gasteiger partial charge on any atom is -0.489 e. The molecule has 0 aliphatic heterocycles. The fourth-order valence-electron chi connectivity index (χ4n) is 1.69. The van der Waals surface area contributed by atoms with E-state index in [4.69, 9.17) is 4.74 Å². The summed E-state index contributed by atoms with van der Waals surface area (Å²) in [7, 11) is 0. The second-order valence-electron chi connectivity index (χ2n) is 5.60. The first-order valence-corrected chi connectivity index (χ1v) is 5.91. The normalized spacial score (nSPS) is 15.2. The van der Waals surface area contributed by atoms with Gasteiger partial charge in [-0.15, -0.1) is 0 Å². The topological polar surface area (TPSA) is 43.4 Å². The van der Waals surface area contributed by atoms with E-state index in [0.29, 0.717) is 17.7 Å². The summed E-state index contributed by atoms with van der Waals surface area (Å²) >= 11 is 0. The van der Waals surface area contributed by atoms with Crippen LogP contribution < -0.4 is 0 Å². The van der Waals surface area contributed by atoms with Gasteiger partial charge in [-0.2, -0.15) is 0 Å². The summed E-state index contributed by atoms with van der Waals surface area (Å²) in [5, 5.41) is 0. The lowest BCUT2D eigenvalue weighted by atomic mass is 9.93. The Morgan fingerprint density at radius 1 is 1.06 bits per heavy atom. The van der Waals surface area contributed by atoms with Crippen molar-refractivity contribution in [3.8, 4) is 0 Å². The van der Waals surface area contributed by atoms with Crippen molar-refractivity contribution in [2.45, 2.75) is 20.8 Å². The van der Waals surface area contributed by atoms with Gasteiger partial charge in [-0.3, -0.25) is 9.59 Å². The average Bonchev–Trinajstić information content (AvgIpc) is 2.31. The summed E-state index contributed by atoms with van der Waals surface area (Å²) in [4.78, 5) is 24.0. The van der Waals surface area contributed by atoms with E-state index in [1.165, 1.54) is 6.08 Å². The number of ketones is 2. The smallest absolute Gasteiger partial charge is 0.228 e. The zero-order chi connectivity index (χ0) is 13.3. The zero-order valence-electron chi connectivity index (χ0n) is 10.8. The van der Waals surface area contributed by atoms with Gasteiger partial charge in [0.1, 0.15) is 0 Å². The summed E-state index contributed by atoms with van der Waals surface area (Å²) in [6.45, 7) is 6.43. The summed E-state index contributed by atoms with van der Waals surface area (Å²) in [5.74, 6) is -0.239. The summed E-state index contributed by atoms with van der Waals surface area (Å²) in [6, 6.07) is 6.81.